The number of nitrogens with zero attached hydrogens (tertiary/aromatic N) is 2. The number of pyridine rings is 1. The molecule has 8 nitrogen and oxygen atoms in total. The summed E-state index contributed by atoms with van der Waals surface area (Å²) in [6, 6.07) is 9.50. The Bertz CT molecular complexity index is 1090. The van der Waals surface area contributed by atoms with Gasteiger partial charge in [0.05, 0.1) is 16.7 Å². The number of carbonyl (C=O) groups is 1. The van der Waals surface area contributed by atoms with Crippen molar-refractivity contribution in [1.29, 1.82) is 0 Å². The van der Waals surface area contributed by atoms with Crippen LogP contribution >= 0.6 is 0 Å². The highest BCUT2D eigenvalue weighted by Gasteiger charge is 2.13. The van der Waals surface area contributed by atoms with E-state index in [1.807, 2.05) is 0 Å². The Morgan fingerprint density at radius 3 is 2.65 bits per heavy atom. The van der Waals surface area contributed by atoms with Gasteiger partial charge in [-0.1, -0.05) is 6.07 Å². The SMILES string of the molecule is O=C(N/N=C/c1ccc([N+](=O)[O-])cc1)c1c[nH]c2c(F)cccc2c1=O. The first-order valence-corrected chi connectivity index (χ1v) is 7.35. The predicted octanol–water partition coefficient (Wildman–Crippen LogP) is 2.34. The molecule has 0 saturated carbocycles. The number of non-ortho nitro benzene ring substituents is 1. The van der Waals surface area contributed by atoms with Crippen molar-refractivity contribution in [3.63, 3.8) is 0 Å². The molecule has 130 valence electrons. The average Bonchev–Trinajstić information content (AvgIpc) is 2.63. The second kappa shape index (κ2) is 6.93. The lowest BCUT2D eigenvalue weighted by Crippen LogP contribution is -2.25. The monoisotopic (exact) mass is 354 g/mol. The molecule has 0 spiro atoms. The van der Waals surface area contributed by atoms with Gasteiger partial charge in [-0.2, -0.15) is 5.10 Å². The topological polar surface area (TPSA) is 117 Å². The van der Waals surface area contributed by atoms with Crippen molar-refractivity contribution in [3.05, 3.63) is 85.9 Å². The molecule has 2 N–H and O–H groups in total. The number of nitrogens with one attached hydrogen (secondary N) is 2. The maximum absolute atomic E-state index is 13.6. The molecule has 0 aliphatic rings. The van der Waals surface area contributed by atoms with Crippen molar-refractivity contribution >= 4 is 28.7 Å². The first-order chi connectivity index (χ1) is 12.5. The molecule has 0 aliphatic heterocycles. The molecular weight excluding hydrogens is 343 g/mol. The highest BCUT2D eigenvalue weighted by molar-refractivity contribution is 5.97. The van der Waals surface area contributed by atoms with E-state index in [1.54, 1.807) is 0 Å². The standard InChI is InChI=1S/C17H11FN4O4/c18-14-3-1-2-12-15(14)19-9-13(16(12)23)17(24)21-20-8-10-4-6-11(7-5-10)22(25)26/h1-9H,(H,19,23)(H,21,24)/b20-8+. The summed E-state index contributed by atoms with van der Waals surface area (Å²) in [5.74, 6) is -1.36. The third-order valence-corrected chi connectivity index (χ3v) is 3.59. The zero-order valence-corrected chi connectivity index (χ0v) is 13.1. The van der Waals surface area contributed by atoms with E-state index in [-0.39, 0.29) is 22.2 Å². The molecule has 1 aromatic heterocycles. The number of nitro groups is 1. The summed E-state index contributed by atoms with van der Waals surface area (Å²) in [5.41, 5.74) is 1.81. The maximum Gasteiger partial charge on any atom is 0.276 e. The number of para-hydroxylation sites is 1. The zero-order valence-electron chi connectivity index (χ0n) is 13.1. The third-order valence-electron chi connectivity index (χ3n) is 3.59. The van der Waals surface area contributed by atoms with Gasteiger partial charge in [0.1, 0.15) is 11.4 Å². The predicted molar refractivity (Wildman–Crippen MR) is 92.7 cm³/mol. The van der Waals surface area contributed by atoms with Gasteiger partial charge in [-0.15, -0.1) is 0 Å². The number of halogens is 1. The number of fused-ring (bicyclic) bond motifs is 1. The van der Waals surface area contributed by atoms with Gasteiger partial charge in [-0.25, -0.2) is 9.82 Å². The third kappa shape index (κ3) is 3.31. The van der Waals surface area contributed by atoms with Crippen molar-refractivity contribution in [2.75, 3.05) is 0 Å². The number of amides is 1. The van der Waals surface area contributed by atoms with Gasteiger partial charge in [0.15, 0.2) is 0 Å². The number of hydrogen-bond donors (Lipinski definition) is 2. The van der Waals surface area contributed by atoms with Gasteiger partial charge in [-0.3, -0.25) is 19.7 Å². The number of hydrazone groups is 1. The van der Waals surface area contributed by atoms with Crippen LogP contribution in [0, 0.1) is 15.9 Å². The van der Waals surface area contributed by atoms with Crippen LogP contribution in [-0.2, 0) is 0 Å². The maximum atomic E-state index is 13.6. The molecule has 3 rings (SSSR count). The number of aromatic nitrogens is 1. The Kier molecular flexibility index (Phi) is 4.52. The Labute approximate surface area is 145 Å². The smallest absolute Gasteiger partial charge is 0.276 e. The molecule has 9 heteroatoms. The first kappa shape index (κ1) is 17.0. The number of carbonyl (C=O) groups excluding carboxylic acids is 1. The van der Waals surface area contributed by atoms with Gasteiger partial charge in [0.2, 0.25) is 5.43 Å². The van der Waals surface area contributed by atoms with Gasteiger partial charge in [0, 0.05) is 23.7 Å². The van der Waals surface area contributed by atoms with Crippen LogP contribution in [0.2, 0.25) is 0 Å². The van der Waals surface area contributed by atoms with E-state index in [2.05, 4.69) is 15.5 Å². The average molecular weight is 354 g/mol. The molecule has 0 fully saturated rings. The minimum atomic E-state index is -0.768. The van der Waals surface area contributed by atoms with Crippen LogP contribution in [0.15, 0.2) is 58.6 Å². The van der Waals surface area contributed by atoms with Crippen LogP contribution < -0.4 is 10.9 Å². The summed E-state index contributed by atoms with van der Waals surface area (Å²) in [5, 5.41) is 14.3. The van der Waals surface area contributed by atoms with Crippen LogP contribution in [0.4, 0.5) is 10.1 Å². The summed E-state index contributed by atoms with van der Waals surface area (Å²) in [4.78, 5) is 37.0. The van der Waals surface area contributed by atoms with Crippen molar-refractivity contribution in [3.8, 4) is 0 Å². The minimum Gasteiger partial charge on any atom is -0.358 e. The second-order valence-electron chi connectivity index (χ2n) is 5.24. The van der Waals surface area contributed by atoms with E-state index >= 15 is 0 Å². The molecule has 26 heavy (non-hydrogen) atoms. The molecule has 3 aromatic rings. The van der Waals surface area contributed by atoms with E-state index in [9.17, 15) is 24.1 Å². The lowest BCUT2D eigenvalue weighted by Gasteiger charge is -2.03. The van der Waals surface area contributed by atoms with E-state index in [1.165, 1.54) is 48.7 Å². The summed E-state index contributed by atoms with van der Waals surface area (Å²) in [6.07, 6.45) is 2.39. The fourth-order valence-corrected chi connectivity index (χ4v) is 2.29. The molecular formula is C17H11FN4O4. The van der Waals surface area contributed by atoms with Crippen molar-refractivity contribution in [2.24, 2.45) is 5.10 Å². The van der Waals surface area contributed by atoms with Gasteiger partial charge in [-0.05, 0) is 29.8 Å². The molecule has 0 aliphatic carbocycles. The Hall–Kier alpha value is -3.88. The van der Waals surface area contributed by atoms with E-state index < -0.39 is 22.1 Å². The Morgan fingerprint density at radius 1 is 1.23 bits per heavy atom. The number of nitro benzene ring substituents is 1. The number of hydrogen-bond acceptors (Lipinski definition) is 5. The molecule has 1 amide bonds. The van der Waals surface area contributed by atoms with Crippen LogP contribution in [0.25, 0.3) is 10.9 Å². The lowest BCUT2D eigenvalue weighted by atomic mass is 10.1. The highest BCUT2D eigenvalue weighted by Crippen LogP contribution is 2.12. The van der Waals surface area contributed by atoms with Crippen LogP contribution in [0.1, 0.15) is 15.9 Å². The Balaban J connectivity index is 1.78. The van der Waals surface area contributed by atoms with Crippen LogP contribution in [0.3, 0.4) is 0 Å². The molecule has 0 unspecified atom stereocenters. The molecule has 2 aromatic carbocycles. The minimum absolute atomic E-state index is 0.0171. The van der Waals surface area contributed by atoms with Crippen molar-refractivity contribution < 1.29 is 14.1 Å². The fraction of sp³-hybridized carbons (Fsp3) is 0. The van der Waals surface area contributed by atoms with E-state index in [0.29, 0.717) is 5.56 Å². The number of benzene rings is 2. The van der Waals surface area contributed by atoms with Gasteiger partial charge >= 0.3 is 0 Å². The fourth-order valence-electron chi connectivity index (χ4n) is 2.29. The van der Waals surface area contributed by atoms with Crippen LogP contribution in [-0.4, -0.2) is 22.0 Å². The van der Waals surface area contributed by atoms with Gasteiger partial charge < -0.3 is 4.98 Å². The molecule has 0 bridgehead atoms. The quantitative estimate of drug-likeness (QED) is 0.425. The number of H-pyrrole nitrogens is 1. The second-order valence-corrected chi connectivity index (χ2v) is 5.24. The molecule has 0 radical (unpaired) electrons. The molecule has 0 saturated heterocycles. The largest absolute Gasteiger partial charge is 0.358 e. The summed E-state index contributed by atoms with van der Waals surface area (Å²) in [6.45, 7) is 0. The number of aromatic amines is 1. The normalized spacial score (nSPS) is 11.0. The van der Waals surface area contributed by atoms with Gasteiger partial charge in [0.25, 0.3) is 11.6 Å². The van der Waals surface area contributed by atoms with Crippen LogP contribution in [0.5, 0.6) is 0 Å². The van der Waals surface area contributed by atoms with Crippen molar-refractivity contribution in [1.82, 2.24) is 10.4 Å². The number of rotatable bonds is 4. The summed E-state index contributed by atoms with van der Waals surface area (Å²) in [7, 11) is 0. The molecule has 0 atom stereocenters. The van der Waals surface area contributed by atoms with E-state index in [4.69, 9.17) is 0 Å². The summed E-state index contributed by atoms with van der Waals surface area (Å²) >= 11 is 0. The first-order valence-electron chi connectivity index (χ1n) is 7.35. The van der Waals surface area contributed by atoms with Crippen molar-refractivity contribution in [2.45, 2.75) is 0 Å². The Morgan fingerprint density at radius 2 is 1.96 bits per heavy atom. The molecule has 1 heterocycles. The lowest BCUT2D eigenvalue weighted by molar-refractivity contribution is -0.384. The van der Waals surface area contributed by atoms with E-state index in [0.717, 1.165) is 6.20 Å². The highest BCUT2D eigenvalue weighted by atomic mass is 19.1. The zero-order chi connectivity index (χ0) is 18.7. The summed E-state index contributed by atoms with van der Waals surface area (Å²) < 4.78 is 13.6.